The molecule has 1 saturated carbocycles. The summed E-state index contributed by atoms with van der Waals surface area (Å²) in [5.41, 5.74) is 7.99. The van der Waals surface area contributed by atoms with E-state index < -0.39 is 0 Å². The van der Waals surface area contributed by atoms with Crippen LogP contribution in [0.3, 0.4) is 0 Å². The number of rotatable bonds is 6. The summed E-state index contributed by atoms with van der Waals surface area (Å²) in [6, 6.07) is 9.72. The van der Waals surface area contributed by atoms with Crippen molar-refractivity contribution >= 4 is 39.1 Å². The summed E-state index contributed by atoms with van der Waals surface area (Å²) in [7, 11) is 0. The molecule has 1 amide bonds. The van der Waals surface area contributed by atoms with Crippen LogP contribution in [0.15, 0.2) is 30.3 Å². The number of fused-ring (bicyclic) bond motifs is 1. The van der Waals surface area contributed by atoms with E-state index in [-0.39, 0.29) is 11.9 Å². The Morgan fingerprint density at radius 3 is 2.96 bits per heavy atom. The zero-order valence-corrected chi connectivity index (χ0v) is 16.1. The predicted octanol–water partition coefficient (Wildman–Crippen LogP) is 3.58. The summed E-state index contributed by atoms with van der Waals surface area (Å²) in [4.78, 5) is 14.2. The molecular weight excluding hydrogens is 368 g/mol. The Morgan fingerprint density at radius 1 is 1.46 bits per heavy atom. The quantitative estimate of drug-likeness (QED) is 0.677. The van der Waals surface area contributed by atoms with Gasteiger partial charge < -0.3 is 11.1 Å². The second-order valence-corrected chi connectivity index (χ2v) is 8.31. The normalized spacial score (nSPS) is 15.3. The van der Waals surface area contributed by atoms with Crippen molar-refractivity contribution in [2.75, 3.05) is 6.54 Å². The third kappa shape index (κ3) is 3.49. The van der Waals surface area contributed by atoms with Crippen LogP contribution < -0.4 is 11.1 Å². The summed E-state index contributed by atoms with van der Waals surface area (Å²) in [5.74, 6) is 0.509. The van der Waals surface area contributed by atoms with E-state index in [4.69, 9.17) is 17.3 Å². The number of hydrogen-bond acceptors (Lipinski definition) is 4. The zero-order valence-electron chi connectivity index (χ0n) is 14.5. The lowest BCUT2D eigenvalue weighted by atomic mass is 10.2. The molecular formula is C19H21ClN4OS. The van der Waals surface area contributed by atoms with Gasteiger partial charge in [0.15, 0.2) is 0 Å². The Labute approximate surface area is 161 Å². The minimum absolute atomic E-state index is 0.0609. The fourth-order valence-corrected chi connectivity index (χ4v) is 4.38. The number of benzene rings is 1. The average molecular weight is 389 g/mol. The SMILES string of the molecule is Cc1nn(Cc2ccccc2Cl)c2sc(C(=O)NCC(N)C3CC3)cc12. The van der Waals surface area contributed by atoms with E-state index in [0.29, 0.717) is 23.9 Å². The van der Waals surface area contributed by atoms with E-state index in [1.807, 2.05) is 41.9 Å². The molecule has 3 N–H and O–H groups in total. The minimum atomic E-state index is -0.0639. The van der Waals surface area contributed by atoms with Crippen LogP contribution >= 0.6 is 22.9 Å². The highest BCUT2D eigenvalue weighted by molar-refractivity contribution is 7.20. The van der Waals surface area contributed by atoms with Crippen LogP contribution in [0.4, 0.5) is 0 Å². The molecule has 5 nitrogen and oxygen atoms in total. The van der Waals surface area contributed by atoms with Crippen LogP contribution in [0.1, 0.15) is 33.8 Å². The number of aryl methyl sites for hydroxylation is 1. The molecule has 2 aromatic heterocycles. The molecule has 2 heterocycles. The first-order chi connectivity index (χ1) is 12.5. The lowest BCUT2D eigenvalue weighted by Gasteiger charge is -2.10. The second kappa shape index (κ2) is 7.02. The Hall–Kier alpha value is -1.89. The molecule has 26 heavy (non-hydrogen) atoms. The summed E-state index contributed by atoms with van der Waals surface area (Å²) in [6.07, 6.45) is 2.36. The van der Waals surface area contributed by atoms with E-state index in [2.05, 4.69) is 10.4 Å². The Bertz CT molecular complexity index is 960. The molecule has 4 rings (SSSR count). The summed E-state index contributed by atoms with van der Waals surface area (Å²) >= 11 is 7.73. The number of thiophene rings is 1. The van der Waals surface area contributed by atoms with Crippen molar-refractivity contribution in [1.29, 1.82) is 0 Å². The molecule has 3 aromatic rings. The van der Waals surface area contributed by atoms with E-state index in [0.717, 1.165) is 26.5 Å². The van der Waals surface area contributed by atoms with Gasteiger partial charge in [-0.2, -0.15) is 5.10 Å². The molecule has 1 atom stereocenters. The van der Waals surface area contributed by atoms with Crippen molar-refractivity contribution in [3.05, 3.63) is 51.5 Å². The summed E-state index contributed by atoms with van der Waals surface area (Å²) in [5, 5.41) is 9.31. The van der Waals surface area contributed by atoms with Crippen molar-refractivity contribution in [3.63, 3.8) is 0 Å². The van der Waals surface area contributed by atoms with Gasteiger partial charge in [-0.05, 0) is 43.4 Å². The third-order valence-corrected chi connectivity index (χ3v) is 6.35. The number of amides is 1. The van der Waals surface area contributed by atoms with E-state index in [9.17, 15) is 4.79 Å². The van der Waals surface area contributed by atoms with Gasteiger partial charge in [0.2, 0.25) is 0 Å². The number of nitrogens with zero attached hydrogens (tertiary/aromatic N) is 2. The number of hydrogen-bond donors (Lipinski definition) is 2. The summed E-state index contributed by atoms with van der Waals surface area (Å²) < 4.78 is 1.92. The van der Waals surface area contributed by atoms with Crippen molar-refractivity contribution in [1.82, 2.24) is 15.1 Å². The molecule has 0 spiro atoms. The summed E-state index contributed by atoms with van der Waals surface area (Å²) in [6.45, 7) is 3.07. The molecule has 1 fully saturated rings. The molecule has 0 saturated heterocycles. The van der Waals surface area contributed by atoms with Gasteiger partial charge in [0.1, 0.15) is 4.83 Å². The number of carbonyl (C=O) groups excluding carboxylic acids is 1. The fourth-order valence-electron chi connectivity index (χ4n) is 3.11. The van der Waals surface area contributed by atoms with Crippen molar-refractivity contribution in [2.45, 2.75) is 32.4 Å². The largest absolute Gasteiger partial charge is 0.350 e. The Balaban J connectivity index is 1.55. The highest BCUT2D eigenvalue weighted by Crippen LogP contribution is 2.32. The van der Waals surface area contributed by atoms with E-state index in [1.165, 1.54) is 24.2 Å². The van der Waals surface area contributed by atoms with Crippen LogP contribution in [0, 0.1) is 12.8 Å². The topological polar surface area (TPSA) is 72.9 Å². The number of carbonyl (C=O) groups is 1. The number of aromatic nitrogens is 2. The molecule has 0 aliphatic heterocycles. The van der Waals surface area contributed by atoms with Gasteiger partial charge in [0, 0.05) is 23.0 Å². The Morgan fingerprint density at radius 2 is 2.23 bits per heavy atom. The maximum absolute atomic E-state index is 12.5. The molecule has 0 radical (unpaired) electrons. The smallest absolute Gasteiger partial charge is 0.261 e. The molecule has 0 bridgehead atoms. The fraction of sp³-hybridized carbons (Fsp3) is 0.368. The molecule has 1 aliphatic rings. The van der Waals surface area contributed by atoms with Crippen LogP contribution in [-0.4, -0.2) is 28.3 Å². The van der Waals surface area contributed by atoms with Crippen molar-refractivity contribution < 1.29 is 4.79 Å². The van der Waals surface area contributed by atoms with E-state index in [1.54, 1.807) is 0 Å². The molecule has 1 aromatic carbocycles. The maximum atomic E-state index is 12.5. The van der Waals surface area contributed by atoms with Gasteiger partial charge in [-0.1, -0.05) is 29.8 Å². The number of halogens is 1. The lowest BCUT2D eigenvalue weighted by molar-refractivity contribution is 0.0954. The second-order valence-electron chi connectivity index (χ2n) is 6.88. The average Bonchev–Trinajstić information content (AvgIpc) is 3.31. The maximum Gasteiger partial charge on any atom is 0.261 e. The van der Waals surface area contributed by atoms with Crippen molar-refractivity contribution in [3.8, 4) is 0 Å². The molecule has 1 unspecified atom stereocenters. The monoisotopic (exact) mass is 388 g/mol. The van der Waals surface area contributed by atoms with Crippen LogP contribution in [0.5, 0.6) is 0 Å². The van der Waals surface area contributed by atoms with Gasteiger partial charge in [-0.3, -0.25) is 9.48 Å². The molecule has 136 valence electrons. The highest BCUT2D eigenvalue weighted by atomic mass is 35.5. The first-order valence-electron chi connectivity index (χ1n) is 8.77. The minimum Gasteiger partial charge on any atom is -0.350 e. The Kier molecular flexibility index (Phi) is 4.73. The zero-order chi connectivity index (χ0) is 18.3. The van der Waals surface area contributed by atoms with Gasteiger partial charge >= 0.3 is 0 Å². The van der Waals surface area contributed by atoms with Crippen molar-refractivity contribution in [2.24, 2.45) is 11.7 Å². The van der Waals surface area contributed by atoms with Gasteiger partial charge in [-0.15, -0.1) is 11.3 Å². The van der Waals surface area contributed by atoms with Crippen LogP contribution in [-0.2, 0) is 6.54 Å². The first-order valence-corrected chi connectivity index (χ1v) is 9.96. The first kappa shape index (κ1) is 17.5. The third-order valence-electron chi connectivity index (χ3n) is 4.83. The van der Waals surface area contributed by atoms with Gasteiger partial charge in [-0.25, -0.2) is 0 Å². The predicted molar refractivity (Wildman–Crippen MR) is 106 cm³/mol. The number of nitrogens with two attached hydrogens (primary N) is 1. The molecule has 1 aliphatic carbocycles. The van der Waals surface area contributed by atoms with Crippen LogP contribution in [0.2, 0.25) is 5.02 Å². The van der Waals surface area contributed by atoms with E-state index >= 15 is 0 Å². The standard InChI is InChI=1S/C19H21ClN4OS/c1-11-14-8-17(18(25)22-9-16(21)12-6-7-12)26-19(14)24(23-11)10-13-4-2-3-5-15(13)20/h2-5,8,12,16H,6-7,9-10,21H2,1H3,(H,22,25). The van der Waals surface area contributed by atoms with Gasteiger partial charge in [0.25, 0.3) is 5.91 Å². The van der Waals surface area contributed by atoms with Crippen LogP contribution in [0.25, 0.3) is 10.2 Å². The lowest BCUT2D eigenvalue weighted by Crippen LogP contribution is -2.38. The molecule has 7 heteroatoms. The highest BCUT2D eigenvalue weighted by Gasteiger charge is 2.28. The van der Waals surface area contributed by atoms with Gasteiger partial charge in [0.05, 0.1) is 17.1 Å². The number of nitrogens with one attached hydrogen (secondary N) is 1.